The Morgan fingerprint density at radius 3 is 2.75 bits per heavy atom. The predicted molar refractivity (Wildman–Crippen MR) is 82.2 cm³/mol. The minimum absolute atomic E-state index is 0.106. The summed E-state index contributed by atoms with van der Waals surface area (Å²) in [6.45, 7) is 0.674. The molecule has 0 saturated heterocycles. The molecule has 5 nitrogen and oxygen atoms in total. The summed E-state index contributed by atoms with van der Waals surface area (Å²) in [7, 11) is 0. The second-order valence-corrected chi connectivity index (χ2v) is 5.56. The summed E-state index contributed by atoms with van der Waals surface area (Å²) < 4.78 is 43.0. The van der Waals surface area contributed by atoms with Gasteiger partial charge < -0.3 is 4.74 Å². The van der Waals surface area contributed by atoms with Crippen LogP contribution in [0.25, 0.3) is 10.9 Å². The number of aryl methyl sites for hydroxylation is 1. The van der Waals surface area contributed by atoms with E-state index in [1.165, 1.54) is 6.20 Å². The van der Waals surface area contributed by atoms with E-state index in [1.54, 1.807) is 36.1 Å². The molecule has 0 N–H and O–H groups in total. The Hall–Kier alpha value is -2.35. The van der Waals surface area contributed by atoms with Gasteiger partial charge in [0.05, 0.1) is 29.3 Å². The smallest absolute Gasteiger partial charge is 0.422 e. The van der Waals surface area contributed by atoms with Gasteiger partial charge in [0.1, 0.15) is 10.9 Å². The standard InChI is InChI=1S/C15H12ClF3N4O/c1-9-4-10(21-5-13(9)24-8-15(17,18)19)6-23-7-11-12(22-23)2-3-20-14(11)16/h2-5,7H,6,8H2,1H3. The summed E-state index contributed by atoms with van der Waals surface area (Å²) in [4.78, 5) is 8.11. The fourth-order valence-electron chi connectivity index (χ4n) is 2.21. The number of aromatic nitrogens is 4. The molecule has 24 heavy (non-hydrogen) atoms. The molecule has 0 aliphatic heterocycles. The summed E-state index contributed by atoms with van der Waals surface area (Å²) in [5, 5.41) is 5.44. The molecule has 0 saturated carbocycles. The molecule has 0 atom stereocenters. The highest BCUT2D eigenvalue weighted by atomic mass is 35.5. The van der Waals surface area contributed by atoms with E-state index < -0.39 is 12.8 Å². The van der Waals surface area contributed by atoms with Crippen molar-refractivity contribution in [1.29, 1.82) is 0 Å². The van der Waals surface area contributed by atoms with E-state index in [4.69, 9.17) is 16.3 Å². The van der Waals surface area contributed by atoms with E-state index in [0.29, 0.717) is 28.5 Å². The lowest BCUT2D eigenvalue weighted by Crippen LogP contribution is -2.19. The molecule has 0 fully saturated rings. The zero-order valence-electron chi connectivity index (χ0n) is 12.5. The molecule has 0 aliphatic carbocycles. The van der Waals surface area contributed by atoms with Crippen molar-refractivity contribution in [3.63, 3.8) is 0 Å². The van der Waals surface area contributed by atoms with Crippen LogP contribution in [0.1, 0.15) is 11.3 Å². The summed E-state index contributed by atoms with van der Waals surface area (Å²) >= 11 is 6.00. The van der Waals surface area contributed by atoms with E-state index in [1.807, 2.05) is 0 Å². The van der Waals surface area contributed by atoms with Crippen LogP contribution in [0.3, 0.4) is 0 Å². The monoisotopic (exact) mass is 356 g/mol. The van der Waals surface area contributed by atoms with Crippen LogP contribution in [0.2, 0.25) is 5.15 Å². The Bertz CT molecular complexity index is 879. The number of rotatable bonds is 4. The van der Waals surface area contributed by atoms with Gasteiger partial charge in [-0.3, -0.25) is 9.67 Å². The van der Waals surface area contributed by atoms with Gasteiger partial charge in [-0.05, 0) is 24.6 Å². The summed E-state index contributed by atoms with van der Waals surface area (Å²) in [5.74, 6) is 0.106. The summed E-state index contributed by atoms with van der Waals surface area (Å²) in [5.41, 5.74) is 1.92. The van der Waals surface area contributed by atoms with Crippen molar-refractivity contribution in [1.82, 2.24) is 19.7 Å². The molecule has 3 aromatic heterocycles. The van der Waals surface area contributed by atoms with Gasteiger partial charge in [-0.15, -0.1) is 0 Å². The zero-order chi connectivity index (χ0) is 17.3. The second-order valence-electron chi connectivity index (χ2n) is 5.21. The topological polar surface area (TPSA) is 52.8 Å². The van der Waals surface area contributed by atoms with E-state index in [-0.39, 0.29) is 5.75 Å². The summed E-state index contributed by atoms with van der Waals surface area (Å²) in [6, 6.07) is 3.41. The Balaban J connectivity index is 1.77. The minimum atomic E-state index is -4.38. The molecule has 126 valence electrons. The van der Waals surface area contributed by atoms with E-state index in [9.17, 15) is 13.2 Å². The Morgan fingerprint density at radius 1 is 1.29 bits per heavy atom. The van der Waals surface area contributed by atoms with Crippen molar-refractivity contribution in [2.24, 2.45) is 0 Å². The van der Waals surface area contributed by atoms with Gasteiger partial charge in [-0.1, -0.05) is 11.6 Å². The first kappa shape index (κ1) is 16.5. The number of nitrogens with zero attached hydrogens (tertiary/aromatic N) is 4. The molecule has 3 heterocycles. The third-order valence-corrected chi connectivity index (χ3v) is 3.57. The van der Waals surface area contributed by atoms with Crippen LogP contribution in [0.15, 0.2) is 30.7 Å². The molecule has 0 unspecified atom stereocenters. The highest BCUT2D eigenvalue weighted by Gasteiger charge is 2.28. The lowest BCUT2D eigenvalue weighted by Gasteiger charge is -2.11. The first-order chi connectivity index (χ1) is 11.3. The molecule has 0 amide bonds. The molecule has 0 aromatic carbocycles. The number of fused-ring (bicyclic) bond motifs is 1. The van der Waals surface area contributed by atoms with Crippen molar-refractivity contribution >= 4 is 22.5 Å². The van der Waals surface area contributed by atoms with Gasteiger partial charge in [0.25, 0.3) is 0 Å². The van der Waals surface area contributed by atoms with Crippen LogP contribution in [-0.4, -0.2) is 32.5 Å². The van der Waals surface area contributed by atoms with Crippen molar-refractivity contribution in [2.45, 2.75) is 19.6 Å². The third kappa shape index (κ3) is 3.76. The zero-order valence-corrected chi connectivity index (χ0v) is 13.3. The van der Waals surface area contributed by atoms with Gasteiger partial charge in [-0.25, -0.2) is 4.98 Å². The maximum atomic E-state index is 12.2. The first-order valence-electron chi connectivity index (χ1n) is 6.94. The fraction of sp³-hybridized carbons (Fsp3) is 0.267. The van der Waals surface area contributed by atoms with Crippen LogP contribution >= 0.6 is 11.6 Å². The van der Waals surface area contributed by atoms with Gasteiger partial charge in [-0.2, -0.15) is 18.3 Å². The van der Waals surface area contributed by atoms with Crippen molar-refractivity contribution in [3.05, 3.63) is 47.1 Å². The molecule has 0 aliphatic rings. The van der Waals surface area contributed by atoms with E-state index in [2.05, 4.69) is 15.1 Å². The van der Waals surface area contributed by atoms with Gasteiger partial charge >= 0.3 is 6.18 Å². The first-order valence-corrected chi connectivity index (χ1v) is 7.32. The van der Waals surface area contributed by atoms with E-state index in [0.717, 1.165) is 5.39 Å². The Labute approximate surface area is 140 Å². The average molecular weight is 357 g/mol. The number of hydrogen-bond donors (Lipinski definition) is 0. The fourth-order valence-corrected chi connectivity index (χ4v) is 2.41. The van der Waals surface area contributed by atoms with Gasteiger partial charge in [0.2, 0.25) is 0 Å². The van der Waals surface area contributed by atoms with Crippen LogP contribution in [0.5, 0.6) is 5.75 Å². The third-order valence-electron chi connectivity index (χ3n) is 3.27. The predicted octanol–water partition coefficient (Wildman–Crippen LogP) is 3.78. The molecule has 0 radical (unpaired) electrons. The highest BCUT2D eigenvalue weighted by molar-refractivity contribution is 6.34. The van der Waals surface area contributed by atoms with Crippen molar-refractivity contribution in [2.75, 3.05) is 6.61 Å². The highest BCUT2D eigenvalue weighted by Crippen LogP contribution is 2.23. The normalized spacial score (nSPS) is 11.9. The molecule has 0 bridgehead atoms. The number of ether oxygens (including phenoxy) is 1. The van der Waals surface area contributed by atoms with Gasteiger partial charge in [0, 0.05) is 12.4 Å². The van der Waals surface area contributed by atoms with Crippen molar-refractivity contribution < 1.29 is 17.9 Å². The van der Waals surface area contributed by atoms with Crippen LogP contribution < -0.4 is 4.74 Å². The number of pyridine rings is 2. The number of hydrogen-bond acceptors (Lipinski definition) is 4. The molecular formula is C15H12ClF3N4O. The Morgan fingerprint density at radius 2 is 2.08 bits per heavy atom. The maximum Gasteiger partial charge on any atom is 0.422 e. The number of halogens is 4. The number of alkyl halides is 3. The SMILES string of the molecule is Cc1cc(Cn2cc3c(Cl)nccc3n2)ncc1OCC(F)(F)F. The molecule has 3 aromatic rings. The van der Waals surface area contributed by atoms with Crippen molar-refractivity contribution in [3.8, 4) is 5.75 Å². The lowest BCUT2D eigenvalue weighted by atomic mass is 10.2. The lowest BCUT2D eigenvalue weighted by molar-refractivity contribution is -0.153. The largest absolute Gasteiger partial charge is 0.482 e. The van der Waals surface area contributed by atoms with Crippen LogP contribution in [0.4, 0.5) is 13.2 Å². The van der Waals surface area contributed by atoms with Crippen LogP contribution in [0, 0.1) is 6.92 Å². The quantitative estimate of drug-likeness (QED) is 0.668. The molecule has 3 rings (SSSR count). The summed E-state index contributed by atoms with van der Waals surface area (Å²) in [6.07, 6.45) is 0.217. The van der Waals surface area contributed by atoms with Gasteiger partial charge in [0.15, 0.2) is 6.61 Å². The molecule has 9 heteroatoms. The maximum absolute atomic E-state index is 12.2. The minimum Gasteiger partial charge on any atom is -0.482 e. The van der Waals surface area contributed by atoms with Crippen LogP contribution in [-0.2, 0) is 6.54 Å². The average Bonchev–Trinajstić information content (AvgIpc) is 2.89. The molecule has 0 spiro atoms. The Kier molecular flexibility index (Phi) is 4.31. The second kappa shape index (κ2) is 6.27. The van der Waals surface area contributed by atoms with E-state index >= 15 is 0 Å². The molecular weight excluding hydrogens is 345 g/mol.